The van der Waals surface area contributed by atoms with E-state index in [1.807, 2.05) is 28.8 Å². The molecule has 0 saturated heterocycles. The second-order valence-corrected chi connectivity index (χ2v) is 7.44. The first kappa shape index (κ1) is 18.7. The Kier molecular flexibility index (Phi) is 4.74. The van der Waals surface area contributed by atoms with Gasteiger partial charge in [-0.05, 0) is 23.8 Å². The fraction of sp³-hybridized carbons (Fsp3) is 0.200. The number of alkyl halides is 3. The van der Waals surface area contributed by atoms with E-state index in [1.165, 1.54) is 6.07 Å². The van der Waals surface area contributed by atoms with Crippen LogP contribution < -0.4 is 0 Å². The van der Waals surface area contributed by atoms with E-state index in [2.05, 4.69) is 20.9 Å². The Morgan fingerprint density at radius 1 is 1.07 bits per heavy atom. The summed E-state index contributed by atoms with van der Waals surface area (Å²) in [6.45, 7) is 0.524. The molecule has 28 heavy (non-hydrogen) atoms. The van der Waals surface area contributed by atoms with E-state index in [9.17, 15) is 18.0 Å². The molecule has 2 heterocycles. The van der Waals surface area contributed by atoms with Gasteiger partial charge in [0, 0.05) is 16.6 Å². The number of hydrogen-bond donors (Lipinski definition) is 0. The number of carbonyl (C=O) groups excluding carboxylic acids is 1. The molecule has 144 valence electrons. The van der Waals surface area contributed by atoms with Crippen LogP contribution in [0, 0.1) is 0 Å². The Hall–Kier alpha value is -2.61. The van der Waals surface area contributed by atoms with Gasteiger partial charge in [0.05, 0.1) is 24.0 Å². The van der Waals surface area contributed by atoms with Crippen molar-refractivity contribution in [2.24, 2.45) is 0 Å². The van der Waals surface area contributed by atoms with Crippen molar-refractivity contribution in [3.05, 3.63) is 76.0 Å². The quantitative estimate of drug-likeness (QED) is 0.571. The number of amides is 1. The van der Waals surface area contributed by atoms with Crippen molar-refractivity contribution in [1.29, 1.82) is 0 Å². The zero-order chi connectivity index (χ0) is 19.9. The normalized spacial score (nSPS) is 14.3. The molecule has 2 aromatic carbocycles. The van der Waals surface area contributed by atoms with Gasteiger partial charge in [0.2, 0.25) is 5.91 Å². The molecule has 1 aromatic heterocycles. The maximum absolute atomic E-state index is 12.9. The third kappa shape index (κ3) is 3.56. The lowest BCUT2D eigenvalue weighted by Crippen LogP contribution is -2.38. The van der Waals surface area contributed by atoms with Crippen LogP contribution in [0.1, 0.15) is 16.8 Å². The maximum atomic E-state index is 12.9. The summed E-state index contributed by atoms with van der Waals surface area (Å²) < 4.78 is 41.5. The fourth-order valence-electron chi connectivity index (χ4n) is 3.30. The number of nitrogens with zero attached hydrogens (tertiary/aromatic N) is 3. The predicted molar refractivity (Wildman–Crippen MR) is 101 cm³/mol. The van der Waals surface area contributed by atoms with Crippen molar-refractivity contribution < 1.29 is 18.0 Å². The lowest BCUT2D eigenvalue weighted by molar-refractivity contribution is -0.137. The Labute approximate surface area is 167 Å². The molecule has 0 radical (unpaired) electrons. The van der Waals surface area contributed by atoms with Gasteiger partial charge < -0.3 is 9.47 Å². The number of halogens is 4. The fourth-order valence-corrected chi connectivity index (χ4v) is 3.76. The first-order chi connectivity index (χ1) is 13.3. The Morgan fingerprint density at radius 3 is 2.61 bits per heavy atom. The number of rotatable bonds is 3. The van der Waals surface area contributed by atoms with E-state index >= 15 is 0 Å². The summed E-state index contributed by atoms with van der Waals surface area (Å²) >= 11 is 3.50. The smallest absolute Gasteiger partial charge is 0.331 e. The highest BCUT2D eigenvalue weighted by Gasteiger charge is 2.31. The highest BCUT2D eigenvalue weighted by molar-refractivity contribution is 9.10. The zero-order valence-electron chi connectivity index (χ0n) is 14.6. The summed E-state index contributed by atoms with van der Waals surface area (Å²) in [6.07, 6.45) is -2.70. The minimum absolute atomic E-state index is 0.102. The van der Waals surface area contributed by atoms with Gasteiger partial charge in [0.1, 0.15) is 12.4 Å². The Bertz CT molecular complexity index is 1050. The van der Waals surface area contributed by atoms with Crippen LogP contribution in [0.5, 0.6) is 0 Å². The molecule has 0 fully saturated rings. The van der Waals surface area contributed by atoms with Gasteiger partial charge in [0.15, 0.2) is 0 Å². The van der Waals surface area contributed by atoms with Crippen molar-refractivity contribution in [1.82, 2.24) is 14.5 Å². The summed E-state index contributed by atoms with van der Waals surface area (Å²) in [6, 6.07) is 12.7. The highest BCUT2D eigenvalue weighted by Crippen LogP contribution is 2.31. The minimum Gasteiger partial charge on any atom is -0.331 e. The lowest BCUT2D eigenvalue weighted by atomic mass is 10.1. The van der Waals surface area contributed by atoms with E-state index in [0.717, 1.165) is 27.9 Å². The van der Waals surface area contributed by atoms with E-state index in [-0.39, 0.29) is 19.0 Å². The first-order valence-corrected chi connectivity index (χ1v) is 9.35. The molecule has 0 spiro atoms. The molecular weight excluding hydrogens is 435 g/mol. The predicted octanol–water partition coefficient (Wildman–Crippen LogP) is 4.87. The number of fused-ring (bicyclic) bond motifs is 1. The third-order valence-electron chi connectivity index (χ3n) is 4.68. The summed E-state index contributed by atoms with van der Waals surface area (Å²) in [7, 11) is 0. The monoisotopic (exact) mass is 449 g/mol. The zero-order valence-corrected chi connectivity index (χ0v) is 16.2. The van der Waals surface area contributed by atoms with Crippen LogP contribution in [-0.4, -0.2) is 20.4 Å². The third-order valence-corrected chi connectivity index (χ3v) is 5.37. The standard InChI is InChI=1S/C20H15BrF3N3O/c21-17-7-2-1-6-16(17)19-25-9-15-11-26(18(28)12-27(15)19)10-13-4-3-5-14(8-13)20(22,23)24/h1-9H,10-12H2. The van der Waals surface area contributed by atoms with Crippen LogP contribution in [0.4, 0.5) is 13.2 Å². The molecule has 8 heteroatoms. The van der Waals surface area contributed by atoms with Crippen LogP contribution in [0.2, 0.25) is 0 Å². The molecule has 3 aromatic rings. The molecule has 1 aliphatic heterocycles. The van der Waals surface area contributed by atoms with Gasteiger partial charge in [-0.15, -0.1) is 0 Å². The molecule has 0 bridgehead atoms. The molecule has 1 aliphatic rings. The van der Waals surface area contributed by atoms with Crippen LogP contribution in [0.15, 0.2) is 59.2 Å². The molecule has 0 N–H and O–H groups in total. The summed E-state index contributed by atoms with van der Waals surface area (Å²) in [5.41, 5.74) is 1.46. The van der Waals surface area contributed by atoms with Gasteiger partial charge in [-0.3, -0.25) is 4.79 Å². The lowest BCUT2D eigenvalue weighted by Gasteiger charge is -2.29. The molecule has 4 nitrogen and oxygen atoms in total. The Balaban J connectivity index is 1.59. The first-order valence-electron chi connectivity index (χ1n) is 8.56. The molecule has 0 saturated carbocycles. The molecule has 4 rings (SSSR count). The van der Waals surface area contributed by atoms with Gasteiger partial charge in [-0.1, -0.05) is 46.3 Å². The van der Waals surface area contributed by atoms with E-state index in [4.69, 9.17) is 0 Å². The minimum atomic E-state index is -4.40. The number of imidazole rings is 1. The highest BCUT2D eigenvalue weighted by atomic mass is 79.9. The average Bonchev–Trinajstić information content (AvgIpc) is 3.04. The molecule has 0 unspecified atom stereocenters. The summed E-state index contributed by atoms with van der Waals surface area (Å²) in [4.78, 5) is 18.7. The second kappa shape index (κ2) is 7.09. The molecular formula is C20H15BrF3N3O. The largest absolute Gasteiger partial charge is 0.416 e. The van der Waals surface area contributed by atoms with Crippen LogP contribution in [-0.2, 0) is 30.6 Å². The Morgan fingerprint density at radius 2 is 1.86 bits per heavy atom. The van der Waals surface area contributed by atoms with Crippen molar-refractivity contribution >= 4 is 21.8 Å². The van der Waals surface area contributed by atoms with Crippen molar-refractivity contribution in [2.75, 3.05) is 0 Å². The van der Waals surface area contributed by atoms with Gasteiger partial charge in [0.25, 0.3) is 0 Å². The maximum Gasteiger partial charge on any atom is 0.416 e. The van der Waals surface area contributed by atoms with Gasteiger partial charge in [-0.2, -0.15) is 13.2 Å². The second-order valence-electron chi connectivity index (χ2n) is 6.59. The van der Waals surface area contributed by atoms with E-state index < -0.39 is 11.7 Å². The number of benzene rings is 2. The summed E-state index contributed by atoms with van der Waals surface area (Å²) in [5, 5.41) is 0. The molecule has 0 atom stereocenters. The van der Waals surface area contributed by atoms with Crippen LogP contribution in [0.3, 0.4) is 0 Å². The summed E-state index contributed by atoms with van der Waals surface area (Å²) in [5.74, 6) is 0.533. The van der Waals surface area contributed by atoms with Crippen LogP contribution >= 0.6 is 15.9 Å². The van der Waals surface area contributed by atoms with Gasteiger partial charge >= 0.3 is 6.18 Å². The van der Waals surface area contributed by atoms with Crippen molar-refractivity contribution in [3.63, 3.8) is 0 Å². The topological polar surface area (TPSA) is 38.1 Å². The molecule has 1 amide bonds. The molecule has 0 aliphatic carbocycles. The van der Waals surface area contributed by atoms with Gasteiger partial charge in [-0.25, -0.2) is 4.98 Å². The average molecular weight is 450 g/mol. The van der Waals surface area contributed by atoms with E-state index in [0.29, 0.717) is 17.9 Å². The SMILES string of the molecule is O=C1Cn2c(cnc2-c2ccccc2Br)CN1Cc1cccc(C(F)(F)F)c1. The number of carbonyl (C=O) groups is 1. The number of aromatic nitrogens is 2. The number of hydrogen-bond acceptors (Lipinski definition) is 2. The van der Waals surface area contributed by atoms with Crippen LogP contribution in [0.25, 0.3) is 11.4 Å². The van der Waals surface area contributed by atoms with Crippen molar-refractivity contribution in [3.8, 4) is 11.4 Å². The van der Waals surface area contributed by atoms with Crippen molar-refractivity contribution in [2.45, 2.75) is 25.8 Å². The van der Waals surface area contributed by atoms with E-state index in [1.54, 1.807) is 17.2 Å².